The molecule has 0 saturated carbocycles. The molecule has 23 aromatic rings. The van der Waals surface area contributed by atoms with Crippen molar-refractivity contribution >= 4 is 187 Å². The third-order valence-corrected chi connectivity index (χ3v) is 25.2. The molecule has 4 heterocycles. The van der Waals surface area contributed by atoms with E-state index in [0.717, 1.165) is 175 Å². The van der Waals surface area contributed by atoms with Crippen LogP contribution < -0.4 is 26.2 Å². The summed E-state index contributed by atoms with van der Waals surface area (Å²) in [6.45, 7) is 5.78. The minimum absolute atomic E-state index is 0.0588. The highest BCUT2D eigenvalue weighted by Gasteiger charge is 2.46. The van der Waals surface area contributed by atoms with Crippen molar-refractivity contribution in [1.29, 1.82) is 0 Å². The van der Waals surface area contributed by atoms with E-state index in [1.807, 2.05) is 60.7 Å². The van der Waals surface area contributed by atoms with E-state index in [-0.39, 0.29) is 43.6 Å². The fourth-order valence-electron chi connectivity index (χ4n) is 19.7. The Morgan fingerprint density at radius 1 is 0.244 bits per heavy atom. The quantitative estimate of drug-likeness (QED) is 0.111. The van der Waals surface area contributed by atoms with Gasteiger partial charge in [0.2, 0.25) is 0 Å². The number of fused-ring (bicyclic) bond motifs is 22. The molecule has 2 aromatic heterocycles. The van der Waals surface area contributed by atoms with Gasteiger partial charge in [-0.25, -0.2) is 0 Å². The van der Waals surface area contributed by atoms with Crippen LogP contribution in [-0.4, -0.2) is 15.8 Å². The average Bonchev–Trinajstić information content (AvgIpc) is 1.46. The van der Waals surface area contributed by atoms with E-state index in [1.54, 1.807) is 9.13 Å². The molecule has 0 unspecified atom stereocenters. The Morgan fingerprint density at radius 3 is 0.840 bits per heavy atom. The summed E-state index contributed by atoms with van der Waals surface area (Å²) in [5, 5.41) is 16.6. The van der Waals surface area contributed by atoms with Crippen LogP contribution in [0.2, 0.25) is 0 Å². The SMILES string of the molecule is [2H]c1c([2H])c([2H])c2c(c1[2H])c1c([2H])c([2H])c([2H])c([2H])c1n2-c1ccc2c(c1)N(c1c(-c3ccc4c(ccc5ccccc54)c3)cccc1-c1ccc3c(ccc4ccccc43)c1)c1cc(C(C)(C)C)cc3c1B2c1ccc(-n2c4c([2H])c([2H])c([2H])c([2H])c4c4c([2H])c([2H])c([2H])c([2H])c42)cc1N3c1c(-c2ccc3c(ccc4ccccc43)c2)cccc1-c1ccc2c(ccc3ccccc32)c1. The number of rotatable bonds is 8. The normalized spacial score (nSPS) is 14.7. The Bertz CT molecular complexity index is 8430. The number of hydrogen-bond acceptors (Lipinski definition) is 2. The van der Waals surface area contributed by atoms with Crippen LogP contribution in [0.5, 0.6) is 0 Å². The van der Waals surface area contributed by atoms with Crippen molar-refractivity contribution in [1.82, 2.24) is 9.13 Å². The number of anilines is 6. The lowest BCUT2D eigenvalue weighted by molar-refractivity contribution is 0.590. The molecular weight excluding hydrogens is 1440 g/mol. The summed E-state index contributed by atoms with van der Waals surface area (Å²) >= 11 is 0. The van der Waals surface area contributed by atoms with Gasteiger partial charge in [0.25, 0.3) is 6.71 Å². The molecule has 5 heteroatoms. The fraction of sp³-hybridized carbons (Fsp3) is 0.0351. The van der Waals surface area contributed by atoms with Gasteiger partial charge in [0.15, 0.2) is 0 Å². The van der Waals surface area contributed by atoms with Crippen LogP contribution in [0.15, 0.2) is 400 Å². The number of benzene rings is 21. The molecule has 2 aliphatic heterocycles. The van der Waals surface area contributed by atoms with Crippen molar-refractivity contribution < 1.29 is 21.9 Å². The Labute approximate surface area is 711 Å². The van der Waals surface area contributed by atoms with Crippen LogP contribution in [0, 0.1) is 0 Å². The Balaban J connectivity index is 0.869. The molecule has 0 radical (unpaired) electrons. The third-order valence-electron chi connectivity index (χ3n) is 25.2. The topological polar surface area (TPSA) is 16.3 Å². The molecular formula is C114H75BN4. The van der Waals surface area contributed by atoms with Gasteiger partial charge in [0.05, 0.1) is 55.4 Å². The van der Waals surface area contributed by atoms with Crippen molar-refractivity contribution in [2.75, 3.05) is 9.80 Å². The maximum absolute atomic E-state index is 10.0. The molecule has 0 saturated heterocycles. The fourth-order valence-corrected chi connectivity index (χ4v) is 19.7. The molecule has 554 valence electrons. The molecule has 4 nitrogen and oxygen atoms in total. The van der Waals surface area contributed by atoms with Gasteiger partial charge >= 0.3 is 0 Å². The first-order valence-corrected chi connectivity index (χ1v) is 40.3. The molecule has 25 rings (SSSR count). The lowest BCUT2D eigenvalue weighted by Crippen LogP contribution is -2.61. The van der Waals surface area contributed by atoms with Gasteiger partial charge in [-0.1, -0.05) is 336 Å². The highest BCUT2D eigenvalue weighted by molar-refractivity contribution is 7.00. The summed E-state index contributed by atoms with van der Waals surface area (Å²) in [6, 6.07) is 98.5. The van der Waals surface area contributed by atoms with Crippen LogP contribution >= 0.6 is 0 Å². The van der Waals surface area contributed by atoms with Gasteiger partial charge in [-0.2, -0.15) is 0 Å². The standard InChI is InChI=1S/C114H75BN4/c1-114(2,3)82-66-109-111-110(67-82)119(113-95(80-52-58-91-76(64-80)48-44-72-24-6-10-28-87(72)91)36-21-37-96(113)81-53-59-92-77(65-81)49-45-73-25-7-11-29-88(73)92)108-69-84(117-105-40-18-14-32-99(105)100-33-15-19-41-106(100)117)55-61-102(108)115(111)101-60-54-83(116-103-38-16-12-30-97(103)98-31-13-17-39-104(98)116)68-107(101)118(109)112-93(78-50-56-89-74(62-78)46-42-70-22-4-8-26-85(70)89)34-20-35-94(112)79-51-57-90-75(63-79)47-43-71-23-5-9-27-86(71)90/h4-69H,1-3H3/i12D,13D,14D,15D,16D,17D,18D,19D,30D,31D,32D,33D,38D,39D,40D,41D. The molecule has 0 spiro atoms. The van der Waals surface area contributed by atoms with E-state index in [9.17, 15) is 21.9 Å². The zero-order chi connectivity index (χ0) is 92.4. The van der Waals surface area contributed by atoms with Crippen molar-refractivity contribution in [2.24, 2.45) is 0 Å². The van der Waals surface area contributed by atoms with E-state index in [2.05, 4.69) is 273 Å². The predicted octanol–water partition coefficient (Wildman–Crippen LogP) is 29.2. The van der Waals surface area contributed by atoms with Crippen molar-refractivity contribution in [2.45, 2.75) is 26.2 Å². The average molecular weight is 1530 g/mol. The van der Waals surface area contributed by atoms with Gasteiger partial charge in [-0.15, -0.1) is 0 Å². The molecule has 0 amide bonds. The molecule has 0 atom stereocenters. The van der Waals surface area contributed by atoms with Crippen LogP contribution in [0.1, 0.15) is 48.3 Å². The summed E-state index contributed by atoms with van der Waals surface area (Å²) in [5.74, 6) is 0. The number of para-hydroxylation sites is 6. The van der Waals surface area contributed by atoms with Crippen molar-refractivity contribution in [3.63, 3.8) is 0 Å². The summed E-state index contributed by atoms with van der Waals surface area (Å²) < 4.78 is 157. The molecule has 21 aromatic carbocycles. The predicted molar refractivity (Wildman–Crippen MR) is 510 cm³/mol. The van der Waals surface area contributed by atoms with Crippen LogP contribution in [0.4, 0.5) is 34.1 Å². The van der Waals surface area contributed by atoms with Crippen LogP contribution in [-0.2, 0) is 5.41 Å². The van der Waals surface area contributed by atoms with E-state index < -0.39 is 109 Å². The van der Waals surface area contributed by atoms with Crippen molar-refractivity contribution in [3.8, 4) is 55.9 Å². The van der Waals surface area contributed by atoms with Gasteiger partial charge in [0.1, 0.15) is 0 Å². The van der Waals surface area contributed by atoms with Crippen molar-refractivity contribution in [3.05, 3.63) is 406 Å². The smallest absolute Gasteiger partial charge is 0.252 e. The largest absolute Gasteiger partial charge is 0.310 e. The summed E-state index contributed by atoms with van der Waals surface area (Å²) in [7, 11) is 0. The van der Waals surface area contributed by atoms with E-state index in [0.29, 0.717) is 22.7 Å². The van der Waals surface area contributed by atoms with Crippen LogP contribution in [0.25, 0.3) is 186 Å². The molecule has 2 aliphatic rings. The minimum Gasteiger partial charge on any atom is -0.310 e. The monoisotopic (exact) mass is 1530 g/mol. The second kappa shape index (κ2) is 25.7. The highest BCUT2D eigenvalue weighted by atomic mass is 15.2. The zero-order valence-electron chi connectivity index (χ0n) is 80.7. The molecule has 0 fully saturated rings. The van der Waals surface area contributed by atoms with Gasteiger partial charge in [-0.3, -0.25) is 0 Å². The van der Waals surface area contributed by atoms with Gasteiger partial charge in [0, 0.05) is 77.9 Å². The first kappa shape index (κ1) is 53.2. The second-order valence-corrected chi connectivity index (χ2v) is 32.6. The molecule has 119 heavy (non-hydrogen) atoms. The second-order valence-electron chi connectivity index (χ2n) is 32.6. The zero-order valence-corrected chi connectivity index (χ0v) is 64.7. The Kier molecular flexibility index (Phi) is 11.5. The summed E-state index contributed by atoms with van der Waals surface area (Å²) in [5.41, 5.74) is 13.8. The third kappa shape index (κ3) is 10.2. The lowest BCUT2D eigenvalue weighted by atomic mass is 9.33. The van der Waals surface area contributed by atoms with Gasteiger partial charge < -0.3 is 18.9 Å². The number of aromatic nitrogens is 2. The van der Waals surface area contributed by atoms with Crippen LogP contribution in [0.3, 0.4) is 0 Å². The summed E-state index contributed by atoms with van der Waals surface area (Å²) in [4.78, 5) is 4.73. The van der Waals surface area contributed by atoms with Gasteiger partial charge in [-0.05, 0) is 221 Å². The highest BCUT2D eigenvalue weighted by Crippen LogP contribution is 2.56. The van der Waals surface area contributed by atoms with E-state index >= 15 is 0 Å². The maximum atomic E-state index is 10.0. The van der Waals surface area contributed by atoms with E-state index in [1.165, 1.54) is 0 Å². The Morgan fingerprint density at radius 2 is 0.529 bits per heavy atom. The number of hydrogen-bond donors (Lipinski definition) is 0. The van der Waals surface area contributed by atoms with E-state index in [4.69, 9.17) is 0 Å². The maximum Gasteiger partial charge on any atom is 0.252 e. The molecule has 0 N–H and O–H groups in total. The first-order valence-electron chi connectivity index (χ1n) is 48.3. The minimum atomic E-state index is -0.817. The molecule has 0 aliphatic carbocycles. The summed E-state index contributed by atoms with van der Waals surface area (Å²) in [6.07, 6.45) is 0. The molecule has 0 bridgehead atoms. The Hall–Kier alpha value is -15.0. The number of nitrogens with zero attached hydrogens (tertiary/aromatic N) is 4. The lowest BCUT2D eigenvalue weighted by Gasteiger charge is -2.46. The first-order chi connectivity index (χ1) is 65.3.